The van der Waals surface area contributed by atoms with Crippen LogP contribution in [0.1, 0.15) is 24.2 Å². The maximum Gasteiger partial charge on any atom is 0.335 e. The summed E-state index contributed by atoms with van der Waals surface area (Å²) in [5, 5.41) is 8.72. The first-order valence-corrected chi connectivity index (χ1v) is 5.60. The molecule has 18 heavy (non-hydrogen) atoms. The summed E-state index contributed by atoms with van der Waals surface area (Å²) in [6, 6.07) is 8.23. The van der Waals surface area contributed by atoms with Gasteiger partial charge in [0.15, 0.2) is 18.5 Å². The molecule has 0 fully saturated rings. The molecule has 1 heterocycles. The summed E-state index contributed by atoms with van der Waals surface area (Å²) in [5.41, 5.74) is 1.36. The lowest BCUT2D eigenvalue weighted by Crippen LogP contribution is -2.26. The average molecular weight is 244 g/mol. The number of carbonyl (C=O) groups excluding carboxylic acids is 1. The SMILES string of the molecule is CCOC(=O)[C@@H]1N=CO[C@H]1c1ccc(C#N)cc1. The highest BCUT2D eigenvalue weighted by Gasteiger charge is 2.34. The second-order valence-corrected chi connectivity index (χ2v) is 3.74. The van der Waals surface area contributed by atoms with Crippen LogP contribution in [-0.4, -0.2) is 25.0 Å². The van der Waals surface area contributed by atoms with E-state index in [4.69, 9.17) is 14.7 Å². The maximum absolute atomic E-state index is 11.7. The number of ether oxygens (including phenoxy) is 2. The maximum atomic E-state index is 11.7. The lowest BCUT2D eigenvalue weighted by molar-refractivity contribution is -0.146. The summed E-state index contributed by atoms with van der Waals surface area (Å²) < 4.78 is 10.3. The molecule has 1 aromatic rings. The third-order valence-electron chi connectivity index (χ3n) is 2.61. The number of aliphatic imine (C=N–C) groups is 1. The summed E-state index contributed by atoms with van der Waals surface area (Å²) >= 11 is 0. The molecular formula is C13H12N2O3. The van der Waals surface area contributed by atoms with Crippen LogP contribution in [0, 0.1) is 11.3 Å². The van der Waals surface area contributed by atoms with Gasteiger partial charge in [0.1, 0.15) is 0 Å². The van der Waals surface area contributed by atoms with Crippen molar-refractivity contribution >= 4 is 12.4 Å². The highest BCUT2D eigenvalue weighted by atomic mass is 16.5. The highest BCUT2D eigenvalue weighted by Crippen LogP contribution is 2.27. The van der Waals surface area contributed by atoms with Gasteiger partial charge < -0.3 is 9.47 Å². The molecule has 5 heteroatoms. The molecule has 1 aliphatic heterocycles. The first-order valence-electron chi connectivity index (χ1n) is 5.60. The Bertz CT molecular complexity index is 502. The van der Waals surface area contributed by atoms with E-state index in [1.807, 2.05) is 6.07 Å². The van der Waals surface area contributed by atoms with E-state index in [1.54, 1.807) is 31.2 Å². The van der Waals surface area contributed by atoms with Crippen LogP contribution in [0.4, 0.5) is 0 Å². The van der Waals surface area contributed by atoms with Crippen molar-refractivity contribution in [3.05, 3.63) is 35.4 Å². The van der Waals surface area contributed by atoms with Crippen LogP contribution in [0.2, 0.25) is 0 Å². The Morgan fingerprint density at radius 2 is 2.22 bits per heavy atom. The van der Waals surface area contributed by atoms with Gasteiger partial charge in [0.25, 0.3) is 0 Å². The van der Waals surface area contributed by atoms with Crippen LogP contribution in [0.15, 0.2) is 29.3 Å². The molecule has 0 amide bonds. The standard InChI is InChI=1S/C13H12N2O3/c1-2-17-13(16)11-12(18-8-15-11)10-5-3-9(7-14)4-6-10/h3-6,8,11-12H,2H2,1H3/t11-,12+/m1/s1. The second-order valence-electron chi connectivity index (χ2n) is 3.74. The molecule has 0 radical (unpaired) electrons. The fourth-order valence-corrected chi connectivity index (χ4v) is 1.74. The minimum Gasteiger partial charge on any atom is -0.473 e. The molecule has 5 nitrogen and oxygen atoms in total. The molecule has 2 rings (SSSR count). The van der Waals surface area contributed by atoms with Gasteiger partial charge in [0.05, 0.1) is 18.2 Å². The number of hydrogen-bond acceptors (Lipinski definition) is 5. The number of esters is 1. The van der Waals surface area contributed by atoms with Crippen molar-refractivity contribution in [2.24, 2.45) is 4.99 Å². The van der Waals surface area contributed by atoms with Crippen molar-refractivity contribution in [1.82, 2.24) is 0 Å². The normalized spacial score (nSPS) is 21.1. The molecular weight excluding hydrogens is 232 g/mol. The summed E-state index contributed by atoms with van der Waals surface area (Å²) in [6.07, 6.45) is 0.793. The van der Waals surface area contributed by atoms with Gasteiger partial charge in [0, 0.05) is 0 Å². The molecule has 0 saturated carbocycles. The Balaban J connectivity index is 2.17. The molecule has 0 spiro atoms. The lowest BCUT2D eigenvalue weighted by atomic mass is 10.0. The predicted octanol–water partition coefficient (Wildman–Crippen LogP) is 1.59. The van der Waals surface area contributed by atoms with Gasteiger partial charge in [-0.1, -0.05) is 12.1 Å². The molecule has 1 aromatic carbocycles. The van der Waals surface area contributed by atoms with E-state index in [2.05, 4.69) is 4.99 Å². The quantitative estimate of drug-likeness (QED) is 0.757. The largest absolute Gasteiger partial charge is 0.473 e. The molecule has 1 aliphatic rings. The fourth-order valence-electron chi connectivity index (χ4n) is 1.74. The molecule has 92 valence electrons. The van der Waals surface area contributed by atoms with Crippen LogP contribution in [0.5, 0.6) is 0 Å². The Hall–Kier alpha value is -2.35. The first kappa shape index (κ1) is 12.1. The summed E-state index contributed by atoms with van der Waals surface area (Å²) in [5.74, 6) is -0.402. The Kier molecular flexibility index (Phi) is 3.58. The van der Waals surface area contributed by atoms with Crippen LogP contribution >= 0.6 is 0 Å². The third-order valence-corrected chi connectivity index (χ3v) is 2.61. The number of nitriles is 1. The van der Waals surface area contributed by atoms with E-state index in [0.29, 0.717) is 12.2 Å². The minimum atomic E-state index is -0.669. The van der Waals surface area contributed by atoms with E-state index in [1.165, 1.54) is 6.40 Å². The molecule has 0 saturated heterocycles. The van der Waals surface area contributed by atoms with E-state index in [9.17, 15) is 4.79 Å². The van der Waals surface area contributed by atoms with Gasteiger partial charge in [-0.2, -0.15) is 5.26 Å². The van der Waals surface area contributed by atoms with Crippen LogP contribution in [-0.2, 0) is 14.3 Å². The topological polar surface area (TPSA) is 71.7 Å². The Labute approximate surface area is 105 Å². The van der Waals surface area contributed by atoms with Gasteiger partial charge in [-0.25, -0.2) is 9.79 Å². The van der Waals surface area contributed by atoms with Gasteiger partial charge in [0.2, 0.25) is 0 Å². The van der Waals surface area contributed by atoms with Crippen molar-refractivity contribution in [3.8, 4) is 6.07 Å². The van der Waals surface area contributed by atoms with Crippen LogP contribution in [0.25, 0.3) is 0 Å². The first-order chi connectivity index (χ1) is 8.76. The number of benzene rings is 1. The molecule has 0 aromatic heterocycles. The molecule has 2 atom stereocenters. The van der Waals surface area contributed by atoms with E-state index in [0.717, 1.165) is 5.56 Å². The monoisotopic (exact) mass is 244 g/mol. The third kappa shape index (κ3) is 2.33. The van der Waals surface area contributed by atoms with Crippen molar-refractivity contribution in [2.75, 3.05) is 6.61 Å². The van der Waals surface area contributed by atoms with Gasteiger partial charge in [-0.3, -0.25) is 0 Å². The van der Waals surface area contributed by atoms with Crippen molar-refractivity contribution in [1.29, 1.82) is 5.26 Å². The van der Waals surface area contributed by atoms with Crippen molar-refractivity contribution in [2.45, 2.75) is 19.1 Å². The van der Waals surface area contributed by atoms with Crippen molar-refractivity contribution in [3.63, 3.8) is 0 Å². The van der Waals surface area contributed by atoms with Gasteiger partial charge in [-0.05, 0) is 24.6 Å². The molecule has 0 unspecified atom stereocenters. The van der Waals surface area contributed by atoms with Crippen LogP contribution < -0.4 is 0 Å². The average Bonchev–Trinajstić information content (AvgIpc) is 2.88. The number of hydrogen-bond donors (Lipinski definition) is 0. The minimum absolute atomic E-state index is 0.310. The Morgan fingerprint density at radius 3 is 2.83 bits per heavy atom. The van der Waals surface area contributed by atoms with Crippen molar-refractivity contribution < 1.29 is 14.3 Å². The summed E-state index contributed by atoms with van der Waals surface area (Å²) in [4.78, 5) is 15.7. The Morgan fingerprint density at radius 1 is 1.50 bits per heavy atom. The molecule has 0 bridgehead atoms. The number of nitrogens with zero attached hydrogens (tertiary/aromatic N) is 2. The molecule has 0 aliphatic carbocycles. The zero-order valence-electron chi connectivity index (χ0n) is 9.87. The second kappa shape index (κ2) is 5.32. The van der Waals surface area contributed by atoms with E-state index < -0.39 is 18.1 Å². The smallest absolute Gasteiger partial charge is 0.335 e. The van der Waals surface area contributed by atoms with Crippen LogP contribution in [0.3, 0.4) is 0 Å². The van der Waals surface area contributed by atoms with E-state index in [-0.39, 0.29) is 0 Å². The predicted molar refractivity (Wildman–Crippen MR) is 63.9 cm³/mol. The fraction of sp³-hybridized carbons (Fsp3) is 0.308. The zero-order valence-corrected chi connectivity index (χ0v) is 9.87. The lowest BCUT2D eigenvalue weighted by Gasteiger charge is -2.16. The molecule has 0 N–H and O–H groups in total. The van der Waals surface area contributed by atoms with Gasteiger partial charge >= 0.3 is 5.97 Å². The summed E-state index contributed by atoms with van der Waals surface area (Å²) in [6.45, 7) is 2.05. The number of rotatable bonds is 3. The highest BCUT2D eigenvalue weighted by molar-refractivity contribution is 5.80. The van der Waals surface area contributed by atoms with Gasteiger partial charge in [-0.15, -0.1) is 0 Å². The number of carbonyl (C=O) groups is 1. The summed E-state index contributed by atoms with van der Waals surface area (Å²) in [7, 11) is 0. The van der Waals surface area contributed by atoms with E-state index >= 15 is 0 Å². The zero-order chi connectivity index (χ0) is 13.0.